The van der Waals surface area contributed by atoms with Crippen LogP contribution in [0.5, 0.6) is 0 Å². The summed E-state index contributed by atoms with van der Waals surface area (Å²) in [7, 11) is 0. The zero-order valence-corrected chi connectivity index (χ0v) is 10.3. The van der Waals surface area contributed by atoms with Gasteiger partial charge in [0, 0.05) is 6.04 Å². The number of hydrogen-bond donors (Lipinski definition) is 2. The Morgan fingerprint density at radius 1 is 1.47 bits per heavy atom. The number of nitrogens with one attached hydrogen (secondary N) is 1. The summed E-state index contributed by atoms with van der Waals surface area (Å²) in [6.07, 6.45) is 4.60. The highest BCUT2D eigenvalue weighted by molar-refractivity contribution is 7.14. The summed E-state index contributed by atoms with van der Waals surface area (Å²) in [6, 6.07) is 3.95. The first kappa shape index (κ1) is 12.2. The lowest BCUT2D eigenvalue weighted by Crippen LogP contribution is -2.31. The number of aliphatic hydroxyl groups is 1. The van der Waals surface area contributed by atoms with E-state index >= 15 is 0 Å². The summed E-state index contributed by atoms with van der Waals surface area (Å²) < 4.78 is 0. The molecule has 90 valence electrons. The van der Waals surface area contributed by atoms with E-state index in [1.165, 1.54) is 24.2 Å². The second-order valence-electron chi connectivity index (χ2n) is 4.08. The second kappa shape index (κ2) is 5.85. The van der Waals surface area contributed by atoms with Crippen LogP contribution in [-0.4, -0.2) is 23.7 Å². The Bertz CT molecular complexity index is 449. The SMILES string of the molecule is O=C(NC1CCCC1)c1ccc(C#CCO)s1. The standard InChI is InChI=1S/C13H15NO2S/c15-9-3-6-11-7-8-12(17-11)13(16)14-10-4-1-2-5-10/h7-8,10,15H,1-2,4-5,9H2,(H,14,16). The third kappa shape index (κ3) is 3.32. The van der Waals surface area contributed by atoms with Crippen molar-refractivity contribution in [2.45, 2.75) is 31.7 Å². The van der Waals surface area contributed by atoms with Crippen LogP contribution in [0.4, 0.5) is 0 Å². The Kier molecular flexibility index (Phi) is 4.18. The first-order valence-electron chi connectivity index (χ1n) is 5.80. The average molecular weight is 249 g/mol. The monoisotopic (exact) mass is 249 g/mol. The van der Waals surface area contributed by atoms with Crippen LogP contribution < -0.4 is 5.32 Å². The highest BCUT2D eigenvalue weighted by Gasteiger charge is 2.18. The molecular formula is C13H15NO2S. The lowest BCUT2D eigenvalue weighted by Gasteiger charge is -2.10. The Morgan fingerprint density at radius 3 is 2.94 bits per heavy atom. The molecule has 2 N–H and O–H groups in total. The van der Waals surface area contributed by atoms with Gasteiger partial charge in [-0.15, -0.1) is 11.3 Å². The number of hydrogen-bond acceptors (Lipinski definition) is 3. The highest BCUT2D eigenvalue weighted by atomic mass is 32.1. The summed E-state index contributed by atoms with van der Waals surface area (Å²) in [6.45, 7) is -0.151. The van der Waals surface area contributed by atoms with Crippen LogP contribution >= 0.6 is 11.3 Å². The van der Waals surface area contributed by atoms with Gasteiger partial charge in [-0.25, -0.2) is 0 Å². The van der Waals surface area contributed by atoms with Crippen molar-refractivity contribution in [3.63, 3.8) is 0 Å². The van der Waals surface area contributed by atoms with Crippen LogP contribution in [0.3, 0.4) is 0 Å². The van der Waals surface area contributed by atoms with E-state index < -0.39 is 0 Å². The molecule has 0 aliphatic heterocycles. The number of carbonyl (C=O) groups is 1. The van der Waals surface area contributed by atoms with E-state index in [0.717, 1.165) is 17.7 Å². The first-order chi connectivity index (χ1) is 8.29. The molecule has 1 aromatic heterocycles. The van der Waals surface area contributed by atoms with Crippen LogP contribution in [0.25, 0.3) is 0 Å². The maximum Gasteiger partial charge on any atom is 0.261 e. The van der Waals surface area contributed by atoms with E-state index in [-0.39, 0.29) is 12.5 Å². The molecule has 1 aliphatic rings. The molecular weight excluding hydrogens is 234 g/mol. The minimum absolute atomic E-state index is 0.000974. The summed E-state index contributed by atoms with van der Waals surface area (Å²) in [4.78, 5) is 13.4. The smallest absolute Gasteiger partial charge is 0.261 e. The summed E-state index contributed by atoms with van der Waals surface area (Å²) in [5.41, 5.74) is 0. The van der Waals surface area contributed by atoms with Crippen molar-refractivity contribution in [2.75, 3.05) is 6.61 Å². The van der Waals surface area contributed by atoms with Gasteiger partial charge in [0.05, 0.1) is 9.75 Å². The molecule has 0 bridgehead atoms. The molecule has 1 heterocycles. The zero-order valence-electron chi connectivity index (χ0n) is 9.53. The minimum atomic E-state index is -0.151. The predicted octanol–water partition coefficient (Wildman–Crippen LogP) is 1.76. The lowest BCUT2D eigenvalue weighted by molar-refractivity contribution is 0.0942. The number of amides is 1. The van der Waals surface area contributed by atoms with Gasteiger partial charge in [0.15, 0.2) is 0 Å². The van der Waals surface area contributed by atoms with E-state index in [4.69, 9.17) is 5.11 Å². The average Bonchev–Trinajstić information content (AvgIpc) is 2.96. The maximum absolute atomic E-state index is 11.9. The van der Waals surface area contributed by atoms with Gasteiger partial charge in [0.25, 0.3) is 5.91 Å². The molecule has 17 heavy (non-hydrogen) atoms. The quantitative estimate of drug-likeness (QED) is 0.785. The van der Waals surface area contributed by atoms with Crippen molar-refractivity contribution in [1.29, 1.82) is 0 Å². The Labute approximate surface area is 105 Å². The number of thiophene rings is 1. The Hall–Kier alpha value is -1.31. The van der Waals surface area contributed by atoms with Crippen LogP contribution in [0.15, 0.2) is 12.1 Å². The fourth-order valence-electron chi connectivity index (χ4n) is 1.98. The van der Waals surface area contributed by atoms with E-state index in [1.54, 1.807) is 6.07 Å². The Balaban J connectivity index is 1.96. The van der Waals surface area contributed by atoms with Gasteiger partial charge in [-0.3, -0.25) is 4.79 Å². The molecule has 1 amide bonds. The molecule has 0 radical (unpaired) electrons. The molecule has 1 aromatic rings. The number of aliphatic hydroxyl groups excluding tert-OH is 1. The third-order valence-corrected chi connectivity index (χ3v) is 3.81. The van der Waals surface area contributed by atoms with E-state index in [0.29, 0.717) is 10.9 Å². The minimum Gasteiger partial charge on any atom is -0.384 e. The topological polar surface area (TPSA) is 49.3 Å². The van der Waals surface area contributed by atoms with Crippen molar-refractivity contribution in [3.8, 4) is 11.8 Å². The first-order valence-corrected chi connectivity index (χ1v) is 6.61. The largest absolute Gasteiger partial charge is 0.384 e. The molecule has 2 rings (SSSR count). The molecule has 0 spiro atoms. The van der Waals surface area contributed by atoms with E-state index in [1.807, 2.05) is 6.07 Å². The van der Waals surface area contributed by atoms with Crippen molar-refractivity contribution in [2.24, 2.45) is 0 Å². The summed E-state index contributed by atoms with van der Waals surface area (Å²) in [5, 5.41) is 11.6. The van der Waals surface area contributed by atoms with Crippen molar-refractivity contribution in [3.05, 3.63) is 21.9 Å². The third-order valence-electron chi connectivity index (χ3n) is 2.81. The van der Waals surface area contributed by atoms with Gasteiger partial charge >= 0.3 is 0 Å². The fraction of sp³-hybridized carbons (Fsp3) is 0.462. The van der Waals surface area contributed by atoms with Gasteiger partial charge in [0.1, 0.15) is 6.61 Å². The van der Waals surface area contributed by atoms with Crippen molar-refractivity contribution in [1.82, 2.24) is 5.32 Å². The van der Waals surface area contributed by atoms with E-state index in [9.17, 15) is 4.79 Å². The maximum atomic E-state index is 11.9. The van der Waals surface area contributed by atoms with Gasteiger partial charge in [0.2, 0.25) is 0 Å². The molecule has 1 fully saturated rings. The Morgan fingerprint density at radius 2 is 2.24 bits per heavy atom. The molecule has 1 saturated carbocycles. The van der Waals surface area contributed by atoms with Crippen LogP contribution in [0, 0.1) is 11.8 Å². The van der Waals surface area contributed by atoms with Gasteiger partial charge in [-0.05, 0) is 25.0 Å². The van der Waals surface area contributed by atoms with Crippen molar-refractivity contribution >= 4 is 17.2 Å². The van der Waals surface area contributed by atoms with Crippen molar-refractivity contribution < 1.29 is 9.90 Å². The zero-order chi connectivity index (χ0) is 12.1. The van der Waals surface area contributed by atoms with Crippen LogP contribution in [0.1, 0.15) is 40.2 Å². The molecule has 0 atom stereocenters. The molecule has 4 heteroatoms. The van der Waals surface area contributed by atoms with Gasteiger partial charge in [-0.2, -0.15) is 0 Å². The second-order valence-corrected chi connectivity index (χ2v) is 5.16. The van der Waals surface area contributed by atoms with Gasteiger partial charge in [-0.1, -0.05) is 24.7 Å². The predicted molar refractivity (Wildman–Crippen MR) is 68.0 cm³/mol. The number of rotatable bonds is 2. The summed E-state index contributed by atoms with van der Waals surface area (Å²) >= 11 is 1.37. The van der Waals surface area contributed by atoms with E-state index in [2.05, 4.69) is 17.2 Å². The molecule has 0 saturated heterocycles. The molecule has 0 unspecified atom stereocenters. The fourth-order valence-corrected chi connectivity index (χ4v) is 2.76. The lowest BCUT2D eigenvalue weighted by atomic mass is 10.2. The molecule has 1 aliphatic carbocycles. The number of carbonyl (C=O) groups excluding carboxylic acids is 1. The van der Waals surface area contributed by atoms with Gasteiger partial charge < -0.3 is 10.4 Å². The molecule has 3 nitrogen and oxygen atoms in total. The highest BCUT2D eigenvalue weighted by Crippen LogP contribution is 2.20. The normalized spacial score (nSPS) is 15.4. The molecule has 0 aromatic carbocycles. The van der Waals surface area contributed by atoms with Crippen LogP contribution in [-0.2, 0) is 0 Å². The van der Waals surface area contributed by atoms with Crippen LogP contribution in [0.2, 0.25) is 0 Å². The summed E-state index contributed by atoms with van der Waals surface area (Å²) in [5.74, 6) is 5.37.